The summed E-state index contributed by atoms with van der Waals surface area (Å²) in [5.41, 5.74) is 1.26. The van der Waals surface area contributed by atoms with E-state index in [-0.39, 0.29) is 6.01 Å². The Hall–Kier alpha value is -3.23. The zero-order valence-electron chi connectivity index (χ0n) is 20.1. The van der Waals surface area contributed by atoms with Gasteiger partial charge < -0.3 is 19.5 Å². The lowest BCUT2D eigenvalue weighted by Crippen LogP contribution is -2.31. The van der Waals surface area contributed by atoms with Gasteiger partial charge >= 0.3 is 6.01 Å². The highest BCUT2D eigenvalue weighted by atomic mass is 16.5. The number of rotatable bonds is 6. The predicted octanol–water partition coefficient (Wildman–Crippen LogP) is 4.01. The SMILES string of the molecule is CN1CCC[C@H]1COc1nc(OC(C)(C)C)c2ncc(C(O)c3cccc4ccccc34)n2n1. The van der Waals surface area contributed by atoms with Crippen LogP contribution in [0.25, 0.3) is 16.4 Å². The molecule has 2 aromatic heterocycles. The lowest BCUT2D eigenvalue weighted by molar-refractivity contribution is 0.121. The fraction of sp³-hybridized carbons (Fsp3) is 0.423. The number of hydrogen-bond donors (Lipinski definition) is 1. The molecule has 0 bridgehead atoms. The van der Waals surface area contributed by atoms with Crippen molar-refractivity contribution >= 4 is 16.4 Å². The van der Waals surface area contributed by atoms with Gasteiger partial charge in [-0.2, -0.15) is 4.98 Å². The minimum absolute atomic E-state index is 0.205. The second-order valence-electron chi connectivity index (χ2n) is 9.89. The van der Waals surface area contributed by atoms with Crippen molar-refractivity contribution in [3.8, 4) is 11.9 Å². The van der Waals surface area contributed by atoms with E-state index in [2.05, 4.69) is 27.0 Å². The third kappa shape index (κ3) is 4.43. The van der Waals surface area contributed by atoms with Gasteiger partial charge in [0.15, 0.2) is 0 Å². The Labute approximate surface area is 199 Å². The fourth-order valence-corrected chi connectivity index (χ4v) is 4.47. The number of aromatic nitrogens is 4. The second kappa shape index (κ2) is 8.85. The molecule has 2 aromatic carbocycles. The molecule has 178 valence electrons. The first kappa shape index (κ1) is 22.6. The molecule has 1 aliphatic heterocycles. The van der Waals surface area contributed by atoms with Crippen LogP contribution in [0.3, 0.4) is 0 Å². The van der Waals surface area contributed by atoms with Crippen LogP contribution >= 0.6 is 0 Å². The Morgan fingerprint density at radius 2 is 1.94 bits per heavy atom. The number of likely N-dealkylation sites (N-methyl/N-ethyl adjacent to an activating group) is 1. The van der Waals surface area contributed by atoms with Crippen molar-refractivity contribution < 1.29 is 14.6 Å². The van der Waals surface area contributed by atoms with Gasteiger partial charge in [-0.25, -0.2) is 9.50 Å². The molecule has 0 amide bonds. The summed E-state index contributed by atoms with van der Waals surface area (Å²) in [6, 6.07) is 14.4. The van der Waals surface area contributed by atoms with E-state index in [1.165, 1.54) is 0 Å². The summed E-state index contributed by atoms with van der Waals surface area (Å²) in [4.78, 5) is 11.3. The van der Waals surface area contributed by atoms with E-state index in [0.717, 1.165) is 35.7 Å². The van der Waals surface area contributed by atoms with Crippen LogP contribution < -0.4 is 9.47 Å². The van der Waals surface area contributed by atoms with Crippen LogP contribution in [0, 0.1) is 0 Å². The van der Waals surface area contributed by atoms with Gasteiger partial charge in [-0.1, -0.05) is 42.5 Å². The number of fused-ring (bicyclic) bond motifs is 2. The molecule has 0 spiro atoms. The second-order valence-corrected chi connectivity index (χ2v) is 9.89. The fourth-order valence-electron chi connectivity index (χ4n) is 4.47. The maximum Gasteiger partial charge on any atom is 0.337 e. The Kier molecular flexibility index (Phi) is 5.87. The monoisotopic (exact) mass is 461 g/mol. The van der Waals surface area contributed by atoms with E-state index >= 15 is 0 Å². The van der Waals surface area contributed by atoms with Crippen molar-refractivity contribution in [2.45, 2.75) is 51.4 Å². The Morgan fingerprint density at radius 3 is 2.71 bits per heavy atom. The Morgan fingerprint density at radius 1 is 1.15 bits per heavy atom. The smallest absolute Gasteiger partial charge is 0.337 e. The molecule has 1 unspecified atom stereocenters. The number of nitrogens with zero attached hydrogens (tertiary/aromatic N) is 5. The Bertz CT molecular complexity index is 1310. The van der Waals surface area contributed by atoms with E-state index in [1.807, 2.05) is 63.2 Å². The standard InChI is InChI=1S/C26H31N5O3/c1-26(2,3)34-24-23-27-15-21(22(32)20-13-7-10-17-9-5-6-12-19(17)20)31(23)29-25(28-24)33-16-18-11-8-14-30(18)4/h5-7,9-10,12-13,15,18,22,32H,8,11,14,16H2,1-4H3/t18-,22?/m0/s1. The van der Waals surface area contributed by atoms with E-state index in [0.29, 0.717) is 29.9 Å². The number of hydrogen-bond acceptors (Lipinski definition) is 7. The highest BCUT2D eigenvalue weighted by Crippen LogP contribution is 2.31. The zero-order valence-corrected chi connectivity index (χ0v) is 20.1. The Balaban J connectivity index is 1.56. The van der Waals surface area contributed by atoms with Crippen molar-refractivity contribution in [1.29, 1.82) is 0 Å². The number of imidazole rings is 1. The molecular weight excluding hydrogens is 430 g/mol. The topological polar surface area (TPSA) is 85.0 Å². The lowest BCUT2D eigenvalue weighted by atomic mass is 9.99. The van der Waals surface area contributed by atoms with Crippen molar-refractivity contribution in [3.05, 3.63) is 59.9 Å². The number of ether oxygens (including phenoxy) is 2. The van der Waals surface area contributed by atoms with E-state index < -0.39 is 11.7 Å². The first-order valence-corrected chi connectivity index (χ1v) is 11.7. The summed E-state index contributed by atoms with van der Waals surface area (Å²) < 4.78 is 13.7. The summed E-state index contributed by atoms with van der Waals surface area (Å²) in [5, 5.41) is 18.1. The van der Waals surface area contributed by atoms with Gasteiger partial charge in [-0.15, -0.1) is 5.10 Å². The average Bonchev–Trinajstić information content (AvgIpc) is 3.42. The lowest BCUT2D eigenvalue weighted by Gasteiger charge is -2.22. The number of aliphatic hydroxyl groups is 1. The first-order valence-electron chi connectivity index (χ1n) is 11.7. The maximum atomic E-state index is 11.4. The van der Waals surface area contributed by atoms with E-state index in [1.54, 1.807) is 10.7 Å². The average molecular weight is 462 g/mol. The van der Waals surface area contributed by atoms with Gasteiger partial charge in [0.2, 0.25) is 5.65 Å². The highest BCUT2D eigenvalue weighted by Gasteiger charge is 2.26. The molecule has 8 heteroatoms. The van der Waals surface area contributed by atoms with Crippen molar-refractivity contribution in [3.63, 3.8) is 0 Å². The van der Waals surface area contributed by atoms with Gasteiger partial charge in [-0.3, -0.25) is 0 Å². The van der Waals surface area contributed by atoms with Gasteiger partial charge in [0.25, 0.3) is 5.88 Å². The molecule has 4 aromatic rings. The van der Waals surface area contributed by atoms with Crippen LogP contribution in [0.15, 0.2) is 48.7 Å². The summed E-state index contributed by atoms with van der Waals surface area (Å²) in [7, 11) is 2.10. The van der Waals surface area contributed by atoms with Crippen molar-refractivity contribution in [1.82, 2.24) is 24.5 Å². The van der Waals surface area contributed by atoms with Crippen LogP contribution in [0.1, 0.15) is 51.0 Å². The molecule has 8 nitrogen and oxygen atoms in total. The summed E-state index contributed by atoms with van der Waals surface area (Å²) in [5.74, 6) is 0.327. The summed E-state index contributed by atoms with van der Waals surface area (Å²) in [6.07, 6.45) is 2.93. The molecule has 0 radical (unpaired) electrons. The number of likely N-dealkylation sites (tertiary alicyclic amines) is 1. The van der Waals surface area contributed by atoms with Crippen molar-refractivity contribution in [2.24, 2.45) is 0 Å². The maximum absolute atomic E-state index is 11.4. The van der Waals surface area contributed by atoms with Crippen LogP contribution in [0.4, 0.5) is 0 Å². The number of aliphatic hydroxyl groups excluding tert-OH is 1. The molecule has 0 aliphatic carbocycles. The minimum atomic E-state index is -0.938. The molecule has 0 saturated carbocycles. The number of benzene rings is 2. The molecule has 5 rings (SSSR count). The molecule has 1 saturated heterocycles. The van der Waals surface area contributed by atoms with Crippen molar-refractivity contribution in [2.75, 3.05) is 20.2 Å². The molecule has 3 heterocycles. The van der Waals surface area contributed by atoms with Crippen LogP contribution in [-0.2, 0) is 0 Å². The van der Waals surface area contributed by atoms with Gasteiger partial charge in [0.05, 0.1) is 11.9 Å². The van der Waals surface area contributed by atoms with Crippen LogP contribution in [-0.4, -0.2) is 61.4 Å². The molecule has 1 fully saturated rings. The zero-order chi connectivity index (χ0) is 23.9. The van der Waals surface area contributed by atoms with Gasteiger partial charge in [0.1, 0.15) is 18.3 Å². The molecule has 1 N–H and O–H groups in total. The van der Waals surface area contributed by atoms with E-state index in [4.69, 9.17) is 9.47 Å². The third-order valence-corrected chi connectivity index (χ3v) is 6.22. The van der Waals surface area contributed by atoms with Gasteiger partial charge in [0, 0.05) is 6.04 Å². The van der Waals surface area contributed by atoms with Crippen LogP contribution in [0.2, 0.25) is 0 Å². The quantitative estimate of drug-likeness (QED) is 0.464. The molecule has 1 aliphatic rings. The van der Waals surface area contributed by atoms with E-state index in [9.17, 15) is 5.11 Å². The minimum Gasteiger partial charge on any atom is -0.469 e. The van der Waals surface area contributed by atoms with Crippen LogP contribution in [0.5, 0.6) is 11.9 Å². The molecule has 2 atom stereocenters. The molecular formula is C26H31N5O3. The molecule has 34 heavy (non-hydrogen) atoms. The first-order chi connectivity index (χ1) is 16.3. The predicted molar refractivity (Wildman–Crippen MR) is 130 cm³/mol. The summed E-state index contributed by atoms with van der Waals surface area (Å²) in [6.45, 7) is 7.42. The van der Waals surface area contributed by atoms with Gasteiger partial charge in [-0.05, 0) is 63.5 Å². The highest BCUT2D eigenvalue weighted by molar-refractivity contribution is 5.86. The normalized spacial score (nSPS) is 18.0. The third-order valence-electron chi connectivity index (χ3n) is 6.22. The largest absolute Gasteiger partial charge is 0.469 e. The summed E-state index contributed by atoms with van der Waals surface area (Å²) >= 11 is 0.